The highest BCUT2D eigenvalue weighted by atomic mass is 35.5. The van der Waals surface area contributed by atoms with Gasteiger partial charge in [-0.2, -0.15) is 0 Å². The number of amides is 1. The van der Waals surface area contributed by atoms with Gasteiger partial charge in [-0.25, -0.2) is 0 Å². The number of carbonyl (C=O) groups is 1. The Bertz CT molecular complexity index is 866. The Morgan fingerprint density at radius 2 is 2.07 bits per heavy atom. The number of rotatable bonds is 6. The van der Waals surface area contributed by atoms with E-state index in [2.05, 4.69) is 21.7 Å². The first-order chi connectivity index (χ1) is 14.2. The molecule has 0 spiro atoms. The molecule has 0 bridgehead atoms. The zero-order valence-corrected chi connectivity index (χ0v) is 17.5. The maximum absolute atomic E-state index is 12.4. The number of nitrogens with one attached hydrogen (secondary N) is 1. The molecule has 6 nitrogen and oxygen atoms in total. The summed E-state index contributed by atoms with van der Waals surface area (Å²) in [7, 11) is 0. The van der Waals surface area contributed by atoms with Gasteiger partial charge in [0.2, 0.25) is 5.91 Å². The van der Waals surface area contributed by atoms with Gasteiger partial charge in [0, 0.05) is 30.6 Å². The van der Waals surface area contributed by atoms with Crippen LogP contribution in [0.1, 0.15) is 16.5 Å². The van der Waals surface area contributed by atoms with Gasteiger partial charge in [-0.15, -0.1) is 11.3 Å². The molecule has 0 aliphatic carbocycles. The van der Waals surface area contributed by atoms with E-state index in [4.69, 9.17) is 25.8 Å². The van der Waals surface area contributed by atoms with Crippen molar-refractivity contribution >= 4 is 34.9 Å². The van der Waals surface area contributed by atoms with E-state index in [9.17, 15) is 4.79 Å². The van der Waals surface area contributed by atoms with Crippen molar-refractivity contribution in [2.75, 3.05) is 46.1 Å². The van der Waals surface area contributed by atoms with Crippen LogP contribution in [0.5, 0.6) is 11.5 Å². The van der Waals surface area contributed by atoms with E-state index >= 15 is 0 Å². The normalized spacial score (nSPS) is 18.0. The van der Waals surface area contributed by atoms with Gasteiger partial charge >= 0.3 is 0 Å². The molecule has 2 aromatic rings. The van der Waals surface area contributed by atoms with Crippen LogP contribution in [0.25, 0.3) is 6.08 Å². The van der Waals surface area contributed by atoms with Crippen LogP contribution in [0.15, 0.2) is 35.7 Å². The average Bonchev–Trinajstić information content (AvgIpc) is 3.28. The zero-order chi connectivity index (χ0) is 20.1. The molecule has 0 radical (unpaired) electrons. The topological polar surface area (TPSA) is 60.0 Å². The minimum absolute atomic E-state index is 0.147. The molecule has 1 saturated heterocycles. The summed E-state index contributed by atoms with van der Waals surface area (Å²) in [5.41, 5.74) is 0.789. The molecular formula is C21H23ClN2O4S. The van der Waals surface area contributed by atoms with E-state index in [1.54, 1.807) is 23.5 Å². The van der Waals surface area contributed by atoms with Gasteiger partial charge in [0.25, 0.3) is 0 Å². The van der Waals surface area contributed by atoms with Crippen LogP contribution in [0.3, 0.4) is 0 Å². The van der Waals surface area contributed by atoms with E-state index < -0.39 is 0 Å². The second-order valence-corrected chi connectivity index (χ2v) is 8.17. The smallest absolute Gasteiger partial charge is 0.244 e. The van der Waals surface area contributed by atoms with Crippen LogP contribution in [-0.4, -0.2) is 56.9 Å². The number of carbonyl (C=O) groups excluding carboxylic acids is 1. The molecule has 1 fully saturated rings. The Labute approximate surface area is 179 Å². The molecule has 1 unspecified atom stereocenters. The van der Waals surface area contributed by atoms with Crippen LogP contribution in [0, 0.1) is 0 Å². The highest BCUT2D eigenvalue weighted by molar-refractivity contribution is 7.10. The summed E-state index contributed by atoms with van der Waals surface area (Å²) >= 11 is 7.96. The summed E-state index contributed by atoms with van der Waals surface area (Å²) in [5.74, 6) is 1.02. The van der Waals surface area contributed by atoms with Crippen molar-refractivity contribution in [1.82, 2.24) is 10.2 Å². The minimum atomic E-state index is -0.147. The summed E-state index contributed by atoms with van der Waals surface area (Å²) in [5, 5.41) is 5.57. The molecule has 1 aromatic heterocycles. The molecule has 1 N–H and O–H groups in total. The third kappa shape index (κ3) is 5.11. The van der Waals surface area contributed by atoms with Gasteiger partial charge in [-0.1, -0.05) is 17.7 Å². The number of morpholine rings is 1. The Kier molecular flexibility index (Phi) is 6.71. The van der Waals surface area contributed by atoms with Crippen LogP contribution in [0.2, 0.25) is 5.02 Å². The quantitative estimate of drug-likeness (QED) is 0.706. The van der Waals surface area contributed by atoms with Gasteiger partial charge in [0.1, 0.15) is 13.2 Å². The fourth-order valence-electron chi connectivity index (χ4n) is 3.43. The van der Waals surface area contributed by atoms with E-state index in [-0.39, 0.29) is 11.9 Å². The maximum atomic E-state index is 12.4. The molecule has 1 atom stereocenters. The first-order valence-electron chi connectivity index (χ1n) is 9.61. The van der Waals surface area contributed by atoms with Crippen molar-refractivity contribution in [1.29, 1.82) is 0 Å². The van der Waals surface area contributed by atoms with Crippen molar-refractivity contribution < 1.29 is 19.0 Å². The number of benzene rings is 1. The second-order valence-electron chi connectivity index (χ2n) is 6.78. The highest BCUT2D eigenvalue weighted by Gasteiger charge is 2.23. The van der Waals surface area contributed by atoms with Crippen molar-refractivity contribution in [3.8, 4) is 11.5 Å². The standard InChI is InChI=1S/C21H23ClN2O4S/c22-16-12-15(13-18-21(16)28-10-9-27-18)3-4-20(25)23-14-17(19-2-1-11-29-19)24-5-7-26-8-6-24/h1-4,11-13,17H,5-10,14H2,(H,23,25). The Morgan fingerprint density at radius 3 is 2.86 bits per heavy atom. The molecule has 2 aliphatic rings. The molecule has 1 amide bonds. The van der Waals surface area contributed by atoms with E-state index in [1.165, 1.54) is 11.0 Å². The number of halogens is 1. The zero-order valence-electron chi connectivity index (χ0n) is 15.9. The van der Waals surface area contributed by atoms with Crippen molar-refractivity contribution in [2.45, 2.75) is 6.04 Å². The summed E-state index contributed by atoms with van der Waals surface area (Å²) in [6.45, 7) is 4.70. The van der Waals surface area contributed by atoms with E-state index in [0.717, 1.165) is 31.9 Å². The summed E-state index contributed by atoms with van der Waals surface area (Å²) in [6.07, 6.45) is 3.25. The average molecular weight is 435 g/mol. The summed E-state index contributed by atoms with van der Waals surface area (Å²) < 4.78 is 16.6. The van der Waals surface area contributed by atoms with Crippen LogP contribution < -0.4 is 14.8 Å². The molecule has 154 valence electrons. The minimum Gasteiger partial charge on any atom is -0.486 e. The van der Waals surface area contributed by atoms with Gasteiger partial charge in [-0.3, -0.25) is 9.69 Å². The molecule has 1 aromatic carbocycles. The number of thiophene rings is 1. The number of hydrogen-bond donors (Lipinski definition) is 1. The highest BCUT2D eigenvalue weighted by Crippen LogP contribution is 2.38. The number of fused-ring (bicyclic) bond motifs is 1. The van der Waals surface area contributed by atoms with Crippen molar-refractivity contribution in [3.05, 3.63) is 51.2 Å². The molecule has 3 heterocycles. The van der Waals surface area contributed by atoms with Crippen LogP contribution in [0.4, 0.5) is 0 Å². The maximum Gasteiger partial charge on any atom is 0.244 e. The molecular weight excluding hydrogens is 412 g/mol. The number of hydrogen-bond acceptors (Lipinski definition) is 6. The number of nitrogens with zero attached hydrogens (tertiary/aromatic N) is 1. The van der Waals surface area contributed by atoms with Crippen LogP contribution in [-0.2, 0) is 9.53 Å². The van der Waals surface area contributed by atoms with Crippen LogP contribution >= 0.6 is 22.9 Å². The monoisotopic (exact) mass is 434 g/mol. The lowest BCUT2D eigenvalue weighted by atomic mass is 10.1. The third-order valence-corrected chi connectivity index (χ3v) is 6.13. The Hall–Kier alpha value is -2.06. The predicted octanol–water partition coefficient (Wildman–Crippen LogP) is 3.38. The Morgan fingerprint density at radius 1 is 1.24 bits per heavy atom. The largest absolute Gasteiger partial charge is 0.486 e. The Balaban J connectivity index is 1.39. The van der Waals surface area contributed by atoms with E-state index in [1.807, 2.05) is 12.1 Å². The lowest BCUT2D eigenvalue weighted by Gasteiger charge is -2.34. The molecule has 2 aliphatic heterocycles. The summed E-state index contributed by atoms with van der Waals surface area (Å²) in [6, 6.07) is 7.90. The third-order valence-electron chi connectivity index (χ3n) is 4.87. The fraction of sp³-hybridized carbons (Fsp3) is 0.381. The molecule has 4 rings (SSSR count). The first kappa shape index (κ1) is 20.2. The SMILES string of the molecule is O=C(C=Cc1cc(Cl)c2c(c1)OCCO2)NCC(c1cccs1)N1CCOCC1. The predicted molar refractivity (Wildman–Crippen MR) is 114 cm³/mol. The van der Waals surface area contributed by atoms with Gasteiger partial charge in [0.05, 0.1) is 24.3 Å². The second kappa shape index (κ2) is 9.63. The van der Waals surface area contributed by atoms with Gasteiger partial charge in [-0.05, 0) is 35.2 Å². The molecule has 8 heteroatoms. The summed E-state index contributed by atoms with van der Waals surface area (Å²) in [4.78, 5) is 16.0. The lowest BCUT2D eigenvalue weighted by Crippen LogP contribution is -2.43. The lowest BCUT2D eigenvalue weighted by molar-refractivity contribution is -0.116. The van der Waals surface area contributed by atoms with Gasteiger partial charge < -0.3 is 19.5 Å². The van der Waals surface area contributed by atoms with E-state index in [0.29, 0.717) is 36.3 Å². The fourth-order valence-corrected chi connectivity index (χ4v) is 4.57. The first-order valence-corrected chi connectivity index (χ1v) is 10.9. The van der Waals surface area contributed by atoms with Gasteiger partial charge in [0.15, 0.2) is 11.5 Å². The number of ether oxygens (including phenoxy) is 3. The molecule has 0 saturated carbocycles. The van der Waals surface area contributed by atoms with Crippen molar-refractivity contribution in [3.63, 3.8) is 0 Å². The van der Waals surface area contributed by atoms with Crippen molar-refractivity contribution in [2.24, 2.45) is 0 Å². The molecule has 29 heavy (non-hydrogen) atoms.